The first-order chi connectivity index (χ1) is 14.2. The fourth-order valence-corrected chi connectivity index (χ4v) is 2.56. The summed E-state index contributed by atoms with van der Waals surface area (Å²) in [7, 11) is 0. The van der Waals surface area contributed by atoms with Crippen LogP contribution >= 0.6 is 0 Å². The lowest BCUT2D eigenvalue weighted by Gasteiger charge is -2.10. The lowest BCUT2D eigenvalue weighted by Crippen LogP contribution is -2.12. The summed E-state index contributed by atoms with van der Waals surface area (Å²) < 4.78 is 16.7. The topological polar surface area (TPSA) is 56.8 Å². The molecule has 0 bridgehead atoms. The predicted molar refractivity (Wildman–Crippen MR) is 114 cm³/mol. The average molecular weight is 389 g/mol. The van der Waals surface area contributed by atoms with Crippen LogP contribution in [0.15, 0.2) is 91.5 Å². The lowest BCUT2D eigenvalue weighted by molar-refractivity contribution is 0.102. The molecule has 0 saturated heterocycles. The molecule has 3 aromatic rings. The summed E-state index contributed by atoms with van der Waals surface area (Å²) in [5.41, 5.74) is 1.20. The molecule has 1 amide bonds. The molecule has 0 aliphatic carbocycles. The van der Waals surface area contributed by atoms with Crippen LogP contribution in [0.3, 0.4) is 0 Å². The van der Waals surface area contributed by atoms with E-state index >= 15 is 0 Å². The van der Waals surface area contributed by atoms with Crippen molar-refractivity contribution in [2.75, 3.05) is 25.1 Å². The van der Waals surface area contributed by atoms with Gasteiger partial charge in [-0.3, -0.25) is 4.79 Å². The zero-order valence-corrected chi connectivity index (χ0v) is 16.0. The first-order valence-corrected chi connectivity index (χ1v) is 9.30. The molecule has 148 valence electrons. The van der Waals surface area contributed by atoms with Gasteiger partial charge in [-0.2, -0.15) is 0 Å². The van der Waals surface area contributed by atoms with Crippen LogP contribution < -0.4 is 19.5 Å². The van der Waals surface area contributed by atoms with E-state index in [-0.39, 0.29) is 5.91 Å². The SMILES string of the molecule is C=CCOc1cccc(NC(=O)c2ccc(OCCOc3ccccc3)cc2)c1. The number of rotatable bonds is 10. The number of amides is 1. The molecular formula is C24H23NO4. The predicted octanol–water partition coefficient (Wildman–Crippen LogP) is 4.96. The van der Waals surface area contributed by atoms with Crippen molar-refractivity contribution in [1.82, 2.24) is 0 Å². The number of para-hydroxylation sites is 1. The number of carbonyl (C=O) groups excluding carboxylic acids is 1. The number of anilines is 1. The third-order valence-electron chi connectivity index (χ3n) is 3.94. The van der Waals surface area contributed by atoms with Gasteiger partial charge in [-0.1, -0.05) is 36.9 Å². The Hall–Kier alpha value is -3.73. The highest BCUT2D eigenvalue weighted by Gasteiger charge is 2.07. The maximum atomic E-state index is 12.4. The second-order valence-corrected chi connectivity index (χ2v) is 6.12. The van der Waals surface area contributed by atoms with Crippen molar-refractivity contribution in [2.45, 2.75) is 0 Å². The van der Waals surface area contributed by atoms with Gasteiger partial charge in [0, 0.05) is 17.3 Å². The van der Waals surface area contributed by atoms with E-state index in [0.29, 0.717) is 42.6 Å². The van der Waals surface area contributed by atoms with Gasteiger partial charge >= 0.3 is 0 Å². The Balaban J connectivity index is 1.47. The first-order valence-electron chi connectivity index (χ1n) is 9.30. The van der Waals surface area contributed by atoms with Crippen molar-refractivity contribution < 1.29 is 19.0 Å². The highest BCUT2D eigenvalue weighted by molar-refractivity contribution is 6.04. The van der Waals surface area contributed by atoms with Crippen molar-refractivity contribution in [3.8, 4) is 17.2 Å². The molecule has 0 spiro atoms. The van der Waals surface area contributed by atoms with Gasteiger partial charge in [0.15, 0.2) is 0 Å². The van der Waals surface area contributed by atoms with Crippen molar-refractivity contribution in [1.29, 1.82) is 0 Å². The molecule has 3 rings (SSSR count). The minimum absolute atomic E-state index is 0.204. The first kappa shape index (κ1) is 20.0. The van der Waals surface area contributed by atoms with Gasteiger partial charge in [0.05, 0.1) is 0 Å². The molecule has 5 heteroatoms. The van der Waals surface area contributed by atoms with E-state index < -0.39 is 0 Å². The summed E-state index contributed by atoms with van der Waals surface area (Å²) in [6.07, 6.45) is 1.67. The standard InChI is InChI=1S/C24H23NO4/c1-2-15-27-23-10-6-7-20(18-23)25-24(26)19-11-13-22(14-12-19)29-17-16-28-21-8-4-3-5-9-21/h2-14,18H,1,15-17H2,(H,25,26). The molecule has 29 heavy (non-hydrogen) atoms. The largest absolute Gasteiger partial charge is 0.490 e. The molecule has 0 unspecified atom stereocenters. The molecule has 0 atom stereocenters. The Bertz CT molecular complexity index is 923. The fraction of sp³-hybridized carbons (Fsp3) is 0.125. The molecule has 0 fully saturated rings. The molecular weight excluding hydrogens is 366 g/mol. The molecule has 5 nitrogen and oxygen atoms in total. The normalized spacial score (nSPS) is 10.1. The van der Waals surface area contributed by atoms with Crippen LogP contribution in [0.4, 0.5) is 5.69 Å². The lowest BCUT2D eigenvalue weighted by atomic mass is 10.2. The van der Waals surface area contributed by atoms with E-state index in [0.717, 1.165) is 5.75 Å². The maximum Gasteiger partial charge on any atom is 0.255 e. The summed E-state index contributed by atoms with van der Waals surface area (Å²) in [5, 5.41) is 2.86. The zero-order chi connectivity index (χ0) is 20.3. The summed E-state index contributed by atoms with van der Waals surface area (Å²) >= 11 is 0. The summed E-state index contributed by atoms with van der Waals surface area (Å²) in [4.78, 5) is 12.4. The third-order valence-corrected chi connectivity index (χ3v) is 3.94. The Morgan fingerprint density at radius 1 is 0.793 bits per heavy atom. The van der Waals surface area contributed by atoms with Crippen molar-refractivity contribution in [3.05, 3.63) is 97.1 Å². The van der Waals surface area contributed by atoms with Crippen molar-refractivity contribution in [2.24, 2.45) is 0 Å². The molecule has 0 aromatic heterocycles. The van der Waals surface area contributed by atoms with Crippen LogP contribution in [0.1, 0.15) is 10.4 Å². The van der Waals surface area contributed by atoms with Crippen LogP contribution in [-0.4, -0.2) is 25.7 Å². The third kappa shape index (κ3) is 6.43. The highest BCUT2D eigenvalue weighted by Crippen LogP contribution is 2.19. The minimum atomic E-state index is -0.204. The maximum absolute atomic E-state index is 12.4. The van der Waals surface area contributed by atoms with Crippen LogP contribution in [0.2, 0.25) is 0 Å². The summed E-state index contributed by atoms with van der Waals surface area (Å²) in [6.45, 7) is 4.89. The number of carbonyl (C=O) groups is 1. The quantitative estimate of drug-likeness (QED) is 0.393. The minimum Gasteiger partial charge on any atom is -0.490 e. The summed E-state index contributed by atoms with van der Waals surface area (Å²) in [5.74, 6) is 1.95. The van der Waals surface area contributed by atoms with Crippen LogP contribution in [0, 0.1) is 0 Å². The Labute approximate surface area is 170 Å². The van der Waals surface area contributed by atoms with Gasteiger partial charge in [0.2, 0.25) is 0 Å². The molecule has 0 radical (unpaired) electrons. The smallest absolute Gasteiger partial charge is 0.255 e. The van der Waals surface area contributed by atoms with Crippen molar-refractivity contribution in [3.63, 3.8) is 0 Å². The number of benzene rings is 3. The van der Waals surface area contributed by atoms with E-state index in [9.17, 15) is 4.79 Å². The summed E-state index contributed by atoms with van der Waals surface area (Å²) in [6, 6.07) is 23.8. The van der Waals surface area contributed by atoms with E-state index in [1.165, 1.54) is 0 Å². The molecule has 3 aromatic carbocycles. The van der Waals surface area contributed by atoms with Gasteiger partial charge in [0.1, 0.15) is 37.1 Å². The Morgan fingerprint density at radius 3 is 2.14 bits per heavy atom. The number of nitrogens with one attached hydrogen (secondary N) is 1. The second kappa shape index (κ2) is 10.6. The van der Waals surface area contributed by atoms with Crippen LogP contribution in [-0.2, 0) is 0 Å². The highest BCUT2D eigenvalue weighted by atomic mass is 16.5. The number of hydrogen-bond acceptors (Lipinski definition) is 4. The molecule has 0 heterocycles. The number of hydrogen-bond donors (Lipinski definition) is 1. The molecule has 0 aliphatic rings. The Kier molecular flexibility index (Phi) is 7.29. The average Bonchev–Trinajstić information content (AvgIpc) is 2.77. The van der Waals surface area contributed by atoms with Crippen LogP contribution in [0.25, 0.3) is 0 Å². The zero-order valence-electron chi connectivity index (χ0n) is 16.0. The van der Waals surface area contributed by atoms with Crippen LogP contribution in [0.5, 0.6) is 17.2 Å². The second-order valence-electron chi connectivity index (χ2n) is 6.12. The van der Waals surface area contributed by atoms with E-state index in [1.54, 1.807) is 36.4 Å². The van der Waals surface area contributed by atoms with E-state index in [1.807, 2.05) is 48.5 Å². The Morgan fingerprint density at radius 2 is 1.45 bits per heavy atom. The van der Waals surface area contributed by atoms with Gasteiger partial charge < -0.3 is 19.5 Å². The molecule has 0 aliphatic heterocycles. The monoisotopic (exact) mass is 389 g/mol. The van der Waals surface area contributed by atoms with Gasteiger partial charge in [-0.15, -0.1) is 0 Å². The van der Waals surface area contributed by atoms with Crippen molar-refractivity contribution >= 4 is 11.6 Å². The molecule has 1 N–H and O–H groups in total. The molecule has 0 saturated carbocycles. The van der Waals surface area contributed by atoms with E-state index in [2.05, 4.69) is 11.9 Å². The fourth-order valence-electron chi connectivity index (χ4n) is 2.56. The van der Waals surface area contributed by atoms with Gasteiger partial charge in [-0.25, -0.2) is 0 Å². The van der Waals surface area contributed by atoms with Gasteiger partial charge in [-0.05, 0) is 48.5 Å². The number of ether oxygens (including phenoxy) is 3. The van der Waals surface area contributed by atoms with Gasteiger partial charge in [0.25, 0.3) is 5.91 Å². The van der Waals surface area contributed by atoms with E-state index in [4.69, 9.17) is 14.2 Å².